The Kier molecular flexibility index (Phi) is 9.17. The Balaban J connectivity index is 2.13. The van der Waals surface area contributed by atoms with E-state index in [4.69, 9.17) is 0 Å². The van der Waals surface area contributed by atoms with E-state index in [2.05, 4.69) is 48.7 Å². The fraction of sp³-hybridized carbons (Fsp3) is 0.647. The van der Waals surface area contributed by atoms with Crippen LogP contribution in [-0.2, 0) is 6.42 Å². The SMILES string of the molecule is CCCCCCCCc1ccc(NCNCC)cc1. The van der Waals surface area contributed by atoms with E-state index in [-0.39, 0.29) is 0 Å². The molecule has 0 bridgehead atoms. The van der Waals surface area contributed by atoms with Crippen molar-refractivity contribution in [3.63, 3.8) is 0 Å². The molecule has 2 nitrogen and oxygen atoms in total. The molecule has 0 aromatic heterocycles. The molecule has 0 saturated heterocycles. The minimum atomic E-state index is 0.841. The van der Waals surface area contributed by atoms with Gasteiger partial charge in [0.2, 0.25) is 0 Å². The highest BCUT2D eigenvalue weighted by Crippen LogP contribution is 2.13. The molecule has 0 aliphatic rings. The molecule has 1 rings (SSSR count). The van der Waals surface area contributed by atoms with Gasteiger partial charge in [-0.25, -0.2) is 0 Å². The fourth-order valence-electron chi connectivity index (χ4n) is 2.19. The van der Waals surface area contributed by atoms with Gasteiger partial charge in [-0.05, 0) is 37.1 Å². The first-order valence-corrected chi connectivity index (χ1v) is 7.90. The van der Waals surface area contributed by atoms with Gasteiger partial charge in [-0.1, -0.05) is 58.1 Å². The third kappa shape index (κ3) is 7.89. The van der Waals surface area contributed by atoms with Crippen LogP contribution in [0.5, 0.6) is 0 Å². The van der Waals surface area contributed by atoms with Gasteiger partial charge in [-0.15, -0.1) is 0 Å². The number of nitrogens with one attached hydrogen (secondary N) is 2. The topological polar surface area (TPSA) is 24.1 Å². The van der Waals surface area contributed by atoms with Gasteiger partial charge in [0, 0.05) is 5.69 Å². The van der Waals surface area contributed by atoms with Gasteiger partial charge in [-0.3, -0.25) is 0 Å². The van der Waals surface area contributed by atoms with E-state index >= 15 is 0 Å². The lowest BCUT2D eigenvalue weighted by atomic mass is 10.0. The molecule has 2 N–H and O–H groups in total. The zero-order valence-corrected chi connectivity index (χ0v) is 12.7. The van der Waals surface area contributed by atoms with Crippen LogP contribution >= 0.6 is 0 Å². The number of unbranched alkanes of at least 4 members (excludes halogenated alkanes) is 5. The second-order valence-corrected chi connectivity index (χ2v) is 5.17. The van der Waals surface area contributed by atoms with Crippen LogP contribution in [0.4, 0.5) is 5.69 Å². The third-order valence-corrected chi connectivity index (χ3v) is 3.44. The molecular weight excluding hydrogens is 232 g/mol. The van der Waals surface area contributed by atoms with Crippen LogP contribution < -0.4 is 10.6 Å². The Morgan fingerprint density at radius 2 is 1.53 bits per heavy atom. The maximum Gasteiger partial charge on any atom is 0.0652 e. The highest BCUT2D eigenvalue weighted by atomic mass is 15.0. The highest BCUT2D eigenvalue weighted by molar-refractivity contribution is 5.44. The predicted molar refractivity (Wildman–Crippen MR) is 85.7 cm³/mol. The van der Waals surface area contributed by atoms with Crippen LogP contribution in [0.3, 0.4) is 0 Å². The van der Waals surface area contributed by atoms with E-state index in [1.165, 1.54) is 56.2 Å². The number of anilines is 1. The van der Waals surface area contributed by atoms with Crippen LogP contribution in [0.2, 0.25) is 0 Å². The zero-order chi connectivity index (χ0) is 13.8. The first kappa shape index (κ1) is 16.0. The van der Waals surface area contributed by atoms with Gasteiger partial charge in [0.15, 0.2) is 0 Å². The summed E-state index contributed by atoms with van der Waals surface area (Å²) in [5.74, 6) is 0. The molecule has 108 valence electrons. The van der Waals surface area contributed by atoms with Crippen LogP contribution in [-0.4, -0.2) is 13.2 Å². The van der Waals surface area contributed by atoms with Crippen molar-refractivity contribution in [2.75, 3.05) is 18.5 Å². The van der Waals surface area contributed by atoms with Crippen molar-refractivity contribution in [2.24, 2.45) is 0 Å². The first-order chi connectivity index (χ1) is 9.36. The van der Waals surface area contributed by atoms with Gasteiger partial charge in [-0.2, -0.15) is 0 Å². The predicted octanol–water partition coefficient (Wildman–Crippen LogP) is 4.57. The summed E-state index contributed by atoms with van der Waals surface area (Å²) in [6.07, 6.45) is 9.46. The van der Waals surface area contributed by atoms with Crippen molar-refractivity contribution in [2.45, 2.75) is 58.8 Å². The summed E-state index contributed by atoms with van der Waals surface area (Å²) in [5, 5.41) is 6.61. The molecule has 2 heteroatoms. The second kappa shape index (κ2) is 10.9. The largest absolute Gasteiger partial charge is 0.372 e. The van der Waals surface area contributed by atoms with E-state index in [1.807, 2.05) is 0 Å². The number of aryl methyl sites for hydroxylation is 1. The molecule has 0 fully saturated rings. The van der Waals surface area contributed by atoms with Crippen LogP contribution in [0.15, 0.2) is 24.3 Å². The molecule has 1 aromatic carbocycles. The molecule has 0 atom stereocenters. The Bertz CT molecular complexity index is 306. The van der Waals surface area contributed by atoms with E-state index in [1.54, 1.807) is 0 Å². The maximum atomic E-state index is 3.35. The normalized spacial score (nSPS) is 10.6. The summed E-state index contributed by atoms with van der Waals surface area (Å²) in [7, 11) is 0. The molecule has 0 spiro atoms. The number of hydrogen-bond donors (Lipinski definition) is 2. The molecule has 19 heavy (non-hydrogen) atoms. The molecule has 0 saturated carbocycles. The molecule has 0 unspecified atom stereocenters. The van der Waals surface area contributed by atoms with Crippen molar-refractivity contribution < 1.29 is 0 Å². The summed E-state index contributed by atoms with van der Waals surface area (Å²) in [6.45, 7) is 6.23. The number of rotatable bonds is 11. The Labute approximate surface area is 119 Å². The summed E-state index contributed by atoms with van der Waals surface area (Å²) < 4.78 is 0. The van der Waals surface area contributed by atoms with Crippen LogP contribution in [0, 0.1) is 0 Å². The van der Waals surface area contributed by atoms with Gasteiger partial charge >= 0.3 is 0 Å². The van der Waals surface area contributed by atoms with E-state index < -0.39 is 0 Å². The van der Waals surface area contributed by atoms with Crippen LogP contribution in [0.25, 0.3) is 0 Å². The minimum Gasteiger partial charge on any atom is -0.372 e. The second-order valence-electron chi connectivity index (χ2n) is 5.17. The molecule has 0 amide bonds. The van der Waals surface area contributed by atoms with Crippen molar-refractivity contribution >= 4 is 5.69 Å². The summed E-state index contributed by atoms with van der Waals surface area (Å²) in [6, 6.07) is 8.87. The van der Waals surface area contributed by atoms with Crippen LogP contribution in [0.1, 0.15) is 57.9 Å². The molecule has 0 aliphatic carbocycles. The van der Waals surface area contributed by atoms with E-state index in [0.29, 0.717) is 0 Å². The molecule has 1 aromatic rings. The lowest BCUT2D eigenvalue weighted by molar-refractivity contribution is 0.607. The van der Waals surface area contributed by atoms with Crippen molar-refractivity contribution in [3.8, 4) is 0 Å². The smallest absolute Gasteiger partial charge is 0.0652 e. The minimum absolute atomic E-state index is 0.841. The molecule has 0 heterocycles. The van der Waals surface area contributed by atoms with Crippen molar-refractivity contribution in [1.82, 2.24) is 5.32 Å². The Morgan fingerprint density at radius 1 is 0.842 bits per heavy atom. The number of benzene rings is 1. The monoisotopic (exact) mass is 262 g/mol. The van der Waals surface area contributed by atoms with E-state index in [0.717, 1.165) is 13.2 Å². The lowest BCUT2D eigenvalue weighted by Gasteiger charge is -2.08. The lowest BCUT2D eigenvalue weighted by Crippen LogP contribution is -2.21. The molecule has 0 aliphatic heterocycles. The van der Waals surface area contributed by atoms with Crippen molar-refractivity contribution in [3.05, 3.63) is 29.8 Å². The molecular formula is C17H30N2. The summed E-state index contributed by atoms with van der Waals surface area (Å²) in [5.41, 5.74) is 2.66. The maximum absolute atomic E-state index is 3.35. The summed E-state index contributed by atoms with van der Waals surface area (Å²) in [4.78, 5) is 0. The van der Waals surface area contributed by atoms with Gasteiger partial charge in [0.25, 0.3) is 0 Å². The third-order valence-electron chi connectivity index (χ3n) is 3.44. The molecule has 0 radical (unpaired) electrons. The standard InChI is InChI=1S/C17H30N2/c1-3-5-6-7-8-9-10-16-11-13-17(14-12-16)19-15-18-4-2/h11-14,18-19H,3-10,15H2,1-2H3. The first-order valence-electron chi connectivity index (χ1n) is 7.90. The zero-order valence-electron chi connectivity index (χ0n) is 12.7. The quantitative estimate of drug-likeness (QED) is 0.451. The van der Waals surface area contributed by atoms with Gasteiger partial charge in [0.05, 0.1) is 6.67 Å². The summed E-state index contributed by atoms with van der Waals surface area (Å²) >= 11 is 0. The van der Waals surface area contributed by atoms with Crippen molar-refractivity contribution in [1.29, 1.82) is 0 Å². The average molecular weight is 262 g/mol. The Hall–Kier alpha value is -1.02. The Morgan fingerprint density at radius 3 is 2.21 bits per heavy atom. The average Bonchev–Trinajstić information content (AvgIpc) is 2.44. The number of hydrogen-bond acceptors (Lipinski definition) is 2. The van der Waals surface area contributed by atoms with Gasteiger partial charge < -0.3 is 10.6 Å². The van der Waals surface area contributed by atoms with E-state index in [9.17, 15) is 0 Å². The van der Waals surface area contributed by atoms with Gasteiger partial charge in [0.1, 0.15) is 0 Å². The highest BCUT2D eigenvalue weighted by Gasteiger charge is 1.95. The fourth-order valence-corrected chi connectivity index (χ4v) is 2.19.